The smallest absolute Gasteiger partial charge is 0.238 e. The monoisotopic (exact) mass is 456 g/mol. The van der Waals surface area contributed by atoms with Crippen LogP contribution in [0.25, 0.3) is 0 Å². The molecule has 0 aliphatic rings. The largest absolute Gasteiger partial charge is 0.392 e. The molecule has 19 heavy (non-hydrogen) atoms. The number of aliphatic hydroxyl groups is 1. The summed E-state index contributed by atoms with van der Waals surface area (Å²) in [6, 6.07) is 3.72. The van der Waals surface area contributed by atoms with Gasteiger partial charge in [-0.3, -0.25) is 9.69 Å². The minimum Gasteiger partial charge on any atom is -0.392 e. The Morgan fingerprint density at radius 1 is 1.37 bits per heavy atom. The highest BCUT2D eigenvalue weighted by molar-refractivity contribution is 9.11. The molecule has 0 heterocycles. The van der Waals surface area contributed by atoms with Crippen LogP contribution < -0.4 is 5.32 Å². The van der Waals surface area contributed by atoms with E-state index in [-0.39, 0.29) is 12.5 Å². The number of benzene rings is 1. The summed E-state index contributed by atoms with van der Waals surface area (Å²) < 4.78 is 2.50. The fraction of sp³-hybridized carbons (Fsp3) is 0.417. The number of anilines is 1. The number of nitrogens with one attached hydrogen (secondary N) is 1. The molecule has 1 aromatic rings. The van der Waals surface area contributed by atoms with E-state index in [0.717, 1.165) is 13.4 Å². The molecular formula is C12H15Br3N2O2. The van der Waals surface area contributed by atoms with Crippen molar-refractivity contribution in [1.82, 2.24) is 4.90 Å². The van der Waals surface area contributed by atoms with E-state index in [2.05, 4.69) is 53.1 Å². The summed E-state index contributed by atoms with van der Waals surface area (Å²) in [6.45, 7) is 2.37. The van der Waals surface area contributed by atoms with Crippen LogP contribution in [-0.2, 0) is 4.79 Å². The molecule has 1 amide bonds. The molecule has 1 aromatic carbocycles. The lowest BCUT2D eigenvalue weighted by Crippen LogP contribution is -2.34. The van der Waals surface area contributed by atoms with Crippen LogP contribution in [0, 0.1) is 0 Å². The van der Waals surface area contributed by atoms with Crippen LogP contribution in [0.5, 0.6) is 0 Å². The van der Waals surface area contributed by atoms with Gasteiger partial charge >= 0.3 is 0 Å². The minimum absolute atomic E-state index is 0.133. The first-order chi connectivity index (χ1) is 8.79. The summed E-state index contributed by atoms with van der Waals surface area (Å²) in [5, 5.41) is 12.1. The zero-order chi connectivity index (χ0) is 14.6. The number of carbonyl (C=O) groups is 1. The van der Waals surface area contributed by atoms with E-state index in [1.54, 1.807) is 18.9 Å². The Hall–Kier alpha value is 0.0500. The van der Waals surface area contributed by atoms with E-state index < -0.39 is 6.10 Å². The number of hydrogen-bond acceptors (Lipinski definition) is 3. The maximum atomic E-state index is 11.9. The predicted molar refractivity (Wildman–Crippen MR) is 87.3 cm³/mol. The third kappa shape index (κ3) is 5.91. The number of carbonyl (C=O) groups excluding carboxylic acids is 1. The zero-order valence-corrected chi connectivity index (χ0v) is 15.3. The zero-order valence-electron chi connectivity index (χ0n) is 10.6. The van der Waals surface area contributed by atoms with Gasteiger partial charge in [-0.1, -0.05) is 15.9 Å². The average molecular weight is 459 g/mol. The summed E-state index contributed by atoms with van der Waals surface area (Å²) in [5.41, 5.74) is 0.693. The fourth-order valence-electron chi connectivity index (χ4n) is 1.60. The second-order valence-corrected chi connectivity index (χ2v) is 6.96. The van der Waals surface area contributed by atoms with Crippen molar-refractivity contribution in [2.75, 3.05) is 25.5 Å². The van der Waals surface area contributed by atoms with Crippen molar-refractivity contribution in [3.63, 3.8) is 0 Å². The number of halogens is 3. The van der Waals surface area contributed by atoms with Crippen LogP contribution in [0.1, 0.15) is 6.92 Å². The molecule has 1 atom stereocenters. The second kappa shape index (κ2) is 7.73. The van der Waals surface area contributed by atoms with Crippen LogP contribution in [0.4, 0.5) is 5.69 Å². The van der Waals surface area contributed by atoms with Crippen LogP contribution in [0.2, 0.25) is 0 Å². The van der Waals surface area contributed by atoms with Crippen LogP contribution in [0.3, 0.4) is 0 Å². The standard InChI is InChI=1S/C12H15Br3N2O2/c1-7(18)5-17(2)6-11(19)16-12-9(14)3-8(13)4-10(12)15/h3-4,7,18H,5-6H2,1-2H3,(H,16,19). The number of hydrogen-bond donors (Lipinski definition) is 2. The molecule has 2 N–H and O–H groups in total. The molecule has 0 fully saturated rings. The number of rotatable bonds is 5. The topological polar surface area (TPSA) is 52.6 Å². The van der Waals surface area contributed by atoms with E-state index >= 15 is 0 Å². The van der Waals surface area contributed by atoms with Crippen molar-refractivity contribution in [3.05, 3.63) is 25.6 Å². The molecule has 0 saturated carbocycles. The minimum atomic E-state index is -0.455. The van der Waals surface area contributed by atoms with Gasteiger partial charge in [-0.2, -0.15) is 0 Å². The summed E-state index contributed by atoms with van der Waals surface area (Å²) in [7, 11) is 1.79. The van der Waals surface area contributed by atoms with E-state index in [9.17, 15) is 9.90 Å². The Balaban J connectivity index is 2.67. The van der Waals surface area contributed by atoms with E-state index in [1.807, 2.05) is 12.1 Å². The first-order valence-corrected chi connectivity index (χ1v) is 7.98. The lowest BCUT2D eigenvalue weighted by atomic mass is 10.3. The highest BCUT2D eigenvalue weighted by Crippen LogP contribution is 2.34. The average Bonchev–Trinajstić information content (AvgIpc) is 2.21. The molecule has 0 bridgehead atoms. The molecule has 0 spiro atoms. The maximum absolute atomic E-state index is 11.9. The van der Waals surface area contributed by atoms with Crippen molar-refractivity contribution in [1.29, 1.82) is 0 Å². The Bertz CT molecular complexity index is 443. The van der Waals surface area contributed by atoms with Crippen LogP contribution in [-0.4, -0.2) is 42.2 Å². The van der Waals surface area contributed by atoms with E-state index in [4.69, 9.17) is 0 Å². The summed E-state index contributed by atoms with van der Waals surface area (Å²) in [4.78, 5) is 13.7. The Kier molecular flexibility index (Phi) is 6.96. The highest BCUT2D eigenvalue weighted by Gasteiger charge is 2.13. The molecule has 4 nitrogen and oxygen atoms in total. The van der Waals surface area contributed by atoms with Gasteiger partial charge in [0.25, 0.3) is 0 Å². The molecule has 0 saturated heterocycles. The van der Waals surface area contributed by atoms with Gasteiger partial charge in [-0.05, 0) is 58.0 Å². The Morgan fingerprint density at radius 2 is 1.89 bits per heavy atom. The second-order valence-electron chi connectivity index (χ2n) is 4.34. The molecule has 106 valence electrons. The molecule has 1 rings (SSSR count). The lowest BCUT2D eigenvalue weighted by Gasteiger charge is -2.18. The molecular weight excluding hydrogens is 444 g/mol. The summed E-state index contributed by atoms with van der Waals surface area (Å²) in [6.07, 6.45) is -0.455. The van der Waals surface area contributed by atoms with Gasteiger partial charge < -0.3 is 10.4 Å². The van der Waals surface area contributed by atoms with Gasteiger partial charge in [-0.15, -0.1) is 0 Å². The lowest BCUT2D eigenvalue weighted by molar-refractivity contribution is -0.117. The predicted octanol–water partition coefficient (Wildman–Crippen LogP) is 3.23. The van der Waals surface area contributed by atoms with E-state index in [1.165, 1.54) is 0 Å². The van der Waals surface area contributed by atoms with Crippen molar-refractivity contribution in [2.24, 2.45) is 0 Å². The molecule has 0 aliphatic heterocycles. The first-order valence-electron chi connectivity index (χ1n) is 5.60. The first kappa shape index (κ1) is 17.1. The SMILES string of the molecule is CC(O)CN(C)CC(=O)Nc1c(Br)cc(Br)cc1Br. The highest BCUT2D eigenvalue weighted by atomic mass is 79.9. The molecule has 1 unspecified atom stereocenters. The van der Waals surface area contributed by atoms with Crippen molar-refractivity contribution < 1.29 is 9.90 Å². The molecule has 0 radical (unpaired) electrons. The molecule has 0 aromatic heterocycles. The number of aliphatic hydroxyl groups excluding tert-OH is 1. The maximum Gasteiger partial charge on any atom is 0.238 e. The number of amides is 1. The van der Waals surface area contributed by atoms with Gasteiger partial charge in [-0.25, -0.2) is 0 Å². The van der Waals surface area contributed by atoms with Gasteiger partial charge in [0.05, 0.1) is 18.3 Å². The van der Waals surface area contributed by atoms with Crippen LogP contribution >= 0.6 is 47.8 Å². The summed E-state index contributed by atoms with van der Waals surface area (Å²) in [5.74, 6) is -0.133. The number of likely N-dealkylation sites (N-methyl/N-ethyl adjacent to an activating group) is 1. The number of nitrogens with zero attached hydrogens (tertiary/aromatic N) is 1. The fourth-order valence-corrected chi connectivity index (χ4v) is 4.06. The Labute approximate surface area is 137 Å². The quantitative estimate of drug-likeness (QED) is 0.712. The van der Waals surface area contributed by atoms with Crippen molar-refractivity contribution in [3.8, 4) is 0 Å². The summed E-state index contributed by atoms with van der Waals surface area (Å²) >= 11 is 10.2. The van der Waals surface area contributed by atoms with Gasteiger partial charge in [0.15, 0.2) is 0 Å². The molecule has 7 heteroatoms. The third-order valence-electron chi connectivity index (χ3n) is 2.26. The van der Waals surface area contributed by atoms with Gasteiger partial charge in [0.1, 0.15) is 0 Å². The third-order valence-corrected chi connectivity index (χ3v) is 3.97. The Morgan fingerprint density at radius 3 is 2.37 bits per heavy atom. The molecule has 0 aliphatic carbocycles. The van der Waals surface area contributed by atoms with E-state index in [0.29, 0.717) is 12.2 Å². The van der Waals surface area contributed by atoms with Crippen molar-refractivity contribution in [2.45, 2.75) is 13.0 Å². The van der Waals surface area contributed by atoms with Crippen molar-refractivity contribution >= 4 is 59.4 Å². The normalized spacial score (nSPS) is 12.6. The van der Waals surface area contributed by atoms with Crippen LogP contribution in [0.15, 0.2) is 25.6 Å². The van der Waals surface area contributed by atoms with Gasteiger partial charge in [0.2, 0.25) is 5.91 Å². The van der Waals surface area contributed by atoms with Gasteiger partial charge in [0, 0.05) is 20.0 Å².